The van der Waals surface area contributed by atoms with Crippen LogP contribution in [0.5, 0.6) is 23.3 Å². The van der Waals surface area contributed by atoms with Crippen molar-refractivity contribution in [3.8, 4) is 45.8 Å². The van der Waals surface area contributed by atoms with Crippen LogP contribution in [0.4, 0.5) is 5.69 Å². The molecular weight excluding hydrogens is 709 g/mol. The molecule has 0 aliphatic carbocycles. The van der Waals surface area contributed by atoms with Crippen LogP contribution in [0.2, 0.25) is 0 Å². The Morgan fingerprint density at radius 2 is 1.14 bits per heavy atom. The summed E-state index contributed by atoms with van der Waals surface area (Å²) < 4.78 is 20.8. The van der Waals surface area contributed by atoms with E-state index in [-0.39, 0.29) is 5.54 Å². The number of hydrogen-bond donors (Lipinski definition) is 1. The minimum absolute atomic E-state index is 0.388. The van der Waals surface area contributed by atoms with Crippen molar-refractivity contribution in [2.24, 2.45) is 5.73 Å². The predicted octanol–water partition coefficient (Wildman–Crippen LogP) is 12.5. The number of rotatable bonds is 11. The summed E-state index contributed by atoms with van der Waals surface area (Å²) in [7, 11) is 0. The Labute approximate surface area is 339 Å². The molecule has 57 heavy (non-hydrogen) atoms. The third-order valence-corrected chi connectivity index (χ3v) is 9.62. The Morgan fingerprint density at radius 1 is 0.684 bits per heavy atom. The Kier molecular flexibility index (Phi) is 14.9. The van der Waals surface area contributed by atoms with Crippen LogP contribution in [0.15, 0.2) is 109 Å². The fourth-order valence-corrected chi connectivity index (χ4v) is 6.11. The van der Waals surface area contributed by atoms with Crippen molar-refractivity contribution in [1.82, 2.24) is 19.6 Å². The van der Waals surface area contributed by atoms with Gasteiger partial charge in [-0.25, -0.2) is 14.2 Å². The van der Waals surface area contributed by atoms with Gasteiger partial charge in [0, 0.05) is 49.5 Å². The highest BCUT2D eigenvalue weighted by Gasteiger charge is 2.17. The molecule has 1 fully saturated rings. The van der Waals surface area contributed by atoms with Crippen LogP contribution >= 0.6 is 0 Å². The van der Waals surface area contributed by atoms with Gasteiger partial charge in [-0.3, -0.25) is 0 Å². The SMILES string of the molecule is C1CCOC1.CCn1nc(-c2cccc(C(C)(C)N)c2)cc1Oc1ccc(C(C)C)cc1.[C-]#[N+]c1cccc(-c2cc(Oc3ccc(C(C)C)cc3)n(CC)n2)c1. The molecule has 4 aromatic carbocycles. The average molecular weight is 767 g/mol. The fourth-order valence-electron chi connectivity index (χ4n) is 6.11. The minimum atomic E-state index is -0.388. The van der Waals surface area contributed by atoms with Crippen molar-refractivity contribution in [3.05, 3.63) is 137 Å². The van der Waals surface area contributed by atoms with E-state index in [1.54, 1.807) is 6.07 Å². The van der Waals surface area contributed by atoms with E-state index in [0.717, 1.165) is 65.2 Å². The Hall–Kier alpha value is -5.69. The van der Waals surface area contributed by atoms with Crippen LogP contribution in [-0.4, -0.2) is 32.8 Å². The Balaban J connectivity index is 0.000000194. The molecule has 0 radical (unpaired) electrons. The monoisotopic (exact) mass is 766 g/mol. The summed E-state index contributed by atoms with van der Waals surface area (Å²) in [5.41, 5.74) is 13.8. The molecule has 7 rings (SSSR count). The molecule has 1 aliphatic rings. The molecule has 0 atom stereocenters. The van der Waals surface area contributed by atoms with Crippen molar-refractivity contribution in [1.29, 1.82) is 0 Å². The normalized spacial score (nSPS) is 12.4. The van der Waals surface area contributed by atoms with Gasteiger partial charge in [-0.1, -0.05) is 88.4 Å². The van der Waals surface area contributed by atoms with Crippen molar-refractivity contribution in [2.75, 3.05) is 13.2 Å². The van der Waals surface area contributed by atoms with Crippen molar-refractivity contribution in [2.45, 2.75) is 98.7 Å². The predicted molar refractivity (Wildman–Crippen MR) is 231 cm³/mol. The van der Waals surface area contributed by atoms with E-state index in [4.69, 9.17) is 31.6 Å². The molecule has 1 saturated heterocycles. The summed E-state index contributed by atoms with van der Waals surface area (Å²) in [5, 5.41) is 9.32. The van der Waals surface area contributed by atoms with E-state index >= 15 is 0 Å². The van der Waals surface area contributed by atoms with Gasteiger partial charge in [-0.2, -0.15) is 10.2 Å². The van der Waals surface area contributed by atoms with Crippen LogP contribution < -0.4 is 15.2 Å². The van der Waals surface area contributed by atoms with Gasteiger partial charge in [0.15, 0.2) is 5.69 Å². The summed E-state index contributed by atoms with van der Waals surface area (Å²) >= 11 is 0. The van der Waals surface area contributed by atoms with Crippen LogP contribution in [0, 0.1) is 6.57 Å². The zero-order valence-electron chi connectivity index (χ0n) is 34.8. The lowest BCUT2D eigenvalue weighted by Gasteiger charge is -2.19. The van der Waals surface area contributed by atoms with E-state index in [2.05, 4.69) is 81.0 Å². The lowest BCUT2D eigenvalue weighted by molar-refractivity contribution is 0.198. The molecule has 2 aromatic heterocycles. The van der Waals surface area contributed by atoms with Crippen molar-refractivity contribution >= 4 is 5.69 Å². The maximum absolute atomic E-state index is 7.16. The first-order chi connectivity index (χ1) is 27.4. The smallest absolute Gasteiger partial charge is 0.218 e. The van der Waals surface area contributed by atoms with E-state index in [9.17, 15) is 0 Å². The number of ether oxygens (including phenoxy) is 3. The number of aromatic nitrogens is 4. The highest BCUT2D eigenvalue weighted by molar-refractivity contribution is 5.66. The van der Waals surface area contributed by atoms with Crippen molar-refractivity contribution < 1.29 is 14.2 Å². The third-order valence-electron chi connectivity index (χ3n) is 9.62. The first-order valence-electron chi connectivity index (χ1n) is 20.0. The van der Waals surface area contributed by atoms with Gasteiger partial charge in [0.2, 0.25) is 11.8 Å². The lowest BCUT2D eigenvalue weighted by atomic mass is 9.93. The molecule has 6 aromatic rings. The maximum Gasteiger partial charge on any atom is 0.218 e. The topological polar surface area (TPSA) is 93.7 Å². The highest BCUT2D eigenvalue weighted by atomic mass is 16.5. The van der Waals surface area contributed by atoms with E-state index < -0.39 is 0 Å². The summed E-state index contributed by atoms with van der Waals surface area (Å²) in [6.07, 6.45) is 2.56. The average Bonchev–Trinajstić information content (AvgIpc) is 4.01. The van der Waals surface area contributed by atoms with E-state index in [1.165, 1.54) is 24.0 Å². The van der Waals surface area contributed by atoms with Gasteiger partial charge in [0.05, 0.1) is 18.0 Å². The standard InChI is InChI=1S/C23H29N3O.C21H21N3O.C4H8O/c1-6-26-22(27-20-12-10-17(11-13-20)16(2)3)15-21(25-26)18-8-7-9-19(14-18)23(4,5)24;1-5-24-21(25-19-11-9-16(10-12-19)15(2)3)14-20(23-24)17-7-6-8-18(13-17)22-4;1-2-4-5-3-1/h7-16H,6,24H2,1-5H3;6-15H,5H2,1-3H3;1-4H2. The van der Waals surface area contributed by atoms with Gasteiger partial charge in [-0.05, 0) is 111 Å². The molecule has 1 aliphatic heterocycles. The number of hydrogen-bond acceptors (Lipinski definition) is 6. The lowest BCUT2D eigenvalue weighted by Crippen LogP contribution is -2.28. The Bertz CT molecular complexity index is 2190. The fraction of sp³-hybridized carbons (Fsp3) is 0.354. The van der Waals surface area contributed by atoms with E-state index in [0.29, 0.717) is 29.9 Å². The molecule has 0 unspecified atom stereocenters. The quantitative estimate of drug-likeness (QED) is 0.132. The molecule has 3 heterocycles. The first kappa shape index (κ1) is 42.5. The van der Waals surface area contributed by atoms with Crippen LogP contribution in [0.1, 0.15) is 96.8 Å². The largest absolute Gasteiger partial charge is 0.439 e. The number of aryl methyl sites for hydroxylation is 2. The molecule has 2 N–H and O–H groups in total. The second kappa shape index (κ2) is 19.9. The second-order valence-electron chi connectivity index (χ2n) is 15.3. The number of benzene rings is 4. The summed E-state index contributed by atoms with van der Waals surface area (Å²) in [6.45, 7) is 27.4. The molecular formula is C48H58N6O3. The molecule has 9 nitrogen and oxygen atoms in total. The van der Waals surface area contributed by atoms with Gasteiger partial charge < -0.3 is 19.9 Å². The van der Waals surface area contributed by atoms with Crippen LogP contribution in [-0.2, 0) is 23.4 Å². The number of nitrogens with two attached hydrogens (primary N) is 1. The zero-order valence-corrected chi connectivity index (χ0v) is 34.8. The highest BCUT2D eigenvalue weighted by Crippen LogP contribution is 2.32. The van der Waals surface area contributed by atoms with Crippen molar-refractivity contribution in [3.63, 3.8) is 0 Å². The maximum atomic E-state index is 7.16. The number of nitrogens with zero attached hydrogens (tertiary/aromatic N) is 5. The van der Waals surface area contributed by atoms with Gasteiger partial charge in [0.25, 0.3) is 0 Å². The summed E-state index contributed by atoms with van der Waals surface area (Å²) in [5.74, 6) is 4.05. The van der Waals surface area contributed by atoms with Crippen LogP contribution in [0.3, 0.4) is 0 Å². The molecule has 0 saturated carbocycles. The zero-order chi connectivity index (χ0) is 41.0. The minimum Gasteiger partial charge on any atom is -0.439 e. The molecule has 9 heteroatoms. The third kappa shape index (κ3) is 11.9. The van der Waals surface area contributed by atoms with Gasteiger partial charge in [0.1, 0.15) is 11.5 Å². The van der Waals surface area contributed by atoms with Crippen LogP contribution in [0.25, 0.3) is 27.4 Å². The first-order valence-corrected chi connectivity index (χ1v) is 20.0. The Morgan fingerprint density at radius 3 is 1.53 bits per heavy atom. The molecule has 0 amide bonds. The van der Waals surface area contributed by atoms with Gasteiger partial charge >= 0.3 is 0 Å². The molecule has 0 spiro atoms. The molecule has 298 valence electrons. The second-order valence-corrected chi connectivity index (χ2v) is 15.3. The van der Waals surface area contributed by atoms with E-state index in [1.807, 2.05) is 96.9 Å². The molecule has 0 bridgehead atoms. The summed E-state index contributed by atoms with van der Waals surface area (Å²) in [6, 6.07) is 36.0. The summed E-state index contributed by atoms with van der Waals surface area (Å²) in [4.78, 5) is 3.48. The van der Waals surface area contributed by atoms with Gasteiger partial charge in [-0.15, -0.1) is 0 Å².